The molecule has 1 fully saturated rings. The Labute approximate surface area is 115 Å². The topological polar surface area (TPSA) is 29.1 Å². The zero-order valence-corrected chi connectivity index (χ0v) is 12.3. The fourth-order valence-corrected chi connectivity index (χ4v) is 3.81. The van der Waals surface area contributed by atoms with Gasteiger partial charge in [0.25, 0.3) is 0 Å². The molecule has 0 spiro atoms. The van der Waals surface area contributed by atoms with Gasteiger partial charge < -0.3 is 5.32 Å². The Morgan fingerprint density at radius 2 is 2.18 bits per heavy atom. The van der Waals surface area contributed by atoms with Crippen LogP contribution >= 0.6 is 27.3 Å². The molecule has 0 atom stereocenters. The van der Waals surface area contributed by atoms with Crippen molar-refractivity contribution in [3.63, 3.8) is 0 Å². The highest BCUT2D eigenvalue weighted by atomic mass is 79.9. The molecule has 0 unspecified atom stereocenters. The first-order chi connectivity index (χ1) is 8.24. The van der Waals surface area contributed by atoms with Gasteiger partial charge >= 0.3 is 0 Å². The van der Waals surface area contributed by atoms with E-state index in [4.69, 9.17) is 0 Å². The van der Waals surface area contributed by atoms with Gasteiger partial charge in [-0.3, -0.25) is 4.79 Å². The number of thiophene rings is 1. The van der Waals surface area contributed by atoms with Crippen LogP contribution in [0.15, 0.2) is 16.8 Å². The van der Waals surface area contributed by atoms with Crippen LogP contribution in [-0.4, -0.2) is 16.8 Å². The van der Waals surface area contributed by atoms with Crippen LogP contribution in [0.3, 0.4) is 0 Å². The quantitative estimate of drug-likeness (QED) is 0.846. The second-order valence-corrected chi connectivity index (χ2v) is 6.17. The summed E-state index contributed by atoms with van der Waals surface area (Å²) in [6, 6.07) is 2.02. The predicted octanol–water partition coefficient (Wildman–Crippen LogP) is 3.50. The first-order valence-electron chi connectivity index (χ1n) is 6.12. The number of hydrogen-bond acceptors (Lipinski definition) is 2. The molecule has 1 amide bonds. The third kappa shape index (κ3) is 3.55. The van der Waals surface area contributed by atoms with Crippen molar-refractivity contribution in [3.05, 3.63) is 22.4 Å². The summed E-state index contributed by atoms with van der Waals surface area (Å²) >= 11 is 5.21. The maximum atomic E-state index is 12.0. The molecule has 1 aliphatic carbocycles. The van der Waals surface area contributed by atoms with Crippen LogP contribution in [0.4, 0.5) is 0 Å². The third-order valence-electron chi connectivity index (χ3n) is 3.42. The van der Waals surface area contributed by atoms with Crippen molar-refractivity contribution in [2.24, 2.45) is 0 Å². The molecule has 0 aliphatic heterocycles. The molecule has 0 radical (unpaired) electrons. The number of hydrogen-bond donors (Lipinski definition) is 1. The molecule has 1 aromatic rings. The van der Waals surface area contributed by atoms with Gasteiger partial charge in [-0.15, -0.1) is 0 Å². The van der Waals surface area contributed by atoms with E-state index in [0.717, 1.165) is 23.7 Å². The predicted molar refractivity (Wildman–Crippen MR) is 75.8 cm³/mol. The van der Waals surface area contributed by atoms with E-state index in [0.29, 0.717) is 6.42 Å². The Kier molecular flexibility index (Phi) is 4.62. The van der Waals surface area contributed by atoms with Crippen molar-refractivity contribution in [3.8, 4) is 0 Å². The van der Waals surface area contributed by atoms with Crippen molar-refractivity contribution < 1.29 is 4.79 Å². The molecule has 2 nitrogen and oxygen atoms in total. The zero-order chi connectivity index (χ0) is 12.1. The molecule has 17 heavy (non-hydrogen) atoms. The van der Waals surface area contributed by atoms with E-state index in [2.05, 4.69) is 21.2 Å². The van der Waals surface area contributed by atoms with Gasteiger partial charge in [0, 0.05) is 10.9 Å². The van der Waals surface area contributed by atoms with Crippen LogP contribution in [0.1, 0.15) is 37.7 Å². The van der Waals surface area contributed by atoms with Gasteiger partial charge in [-0.1, -0.05) is 35.2 Å². The molecule has 0 bridgehead atoms. The molecule has 1 N–H and O–H groups in total. The maximum Gasteiger partial charge on any atom is 0.224 e. The number of amides is 1. The molecule has 0 saturated heterocycles. The average Bonchev–Trinajstić information content (AvgIpc) is 2.83. The average molecular weight is 316 g/mol. The van der Waals surface area contributed by atoms with Crippen molar-refractivity contribution in [1.82, 2.24) is 5.32 Å². The molecule has 2 rings (SSSR count). The molecular formula is C13H18BrNOS. The Bertz CT molecular complexity index is 358. The fraction of sp³-hybridized carbons (Fsp3) is 0.615. The monoisotopic (exact) mass is 315 g/mol. The van der Waals surface area contributed by atoms with Gasteiger partial charge in [0.05, 0.1) is 6.42 Å². The minimum Gasteiger partial charge on any atom is -0.350 e. The van der Waals surface area contributed by atoms with Crippen LogP contribution in [0.25, 0.3) is 0 Å². The lowest BCUT2D eigenvalue weighted by Crippen LogP contribution is -2.51. The highest BCUT2D eigenvalue weighted by molar-refractivity contribution is 9.09. The first-order valence-corrected chi connectivity index (χ1v) is 8.19. The Morgan fingerprint density at radius 1 is 1.41 bits per heavy atom. The fourth-order valence-electron chi connectivity index (χ4n) is 2.44. The lowest BCUT2D eigenvalue weighted by Gasteiger charge is -2.36. The largest absolute Gasteiger partial charge is 0.350 e. The molecule has 1 saturated carbocycles. The minimum atomic E-state index is 0.00531. The second kappa shape index (κ2) is 6.01. The van der Waals surface area contributed by atoms with Gasteiger partial charge in [-0.25, -0.2) is 0 Å². The smallest absolute Gasteiger partial charge is 0.224 e. The number of carbonyl (C=O) groups is 1. The van der Waals surface area contributed by atoms with E-state index in [1.165, 1.54) is 19.3 Å². The number of halogens is 1. The summed E-state index contributed by atoms with van der Waals surface area (Å²) in [5, 5.41) is 8.17. The summed E-state index contributed by atoms with van der Waals surface area (Å²) in [7, 11) is 0. The number of nitrogens with one attached hydrogen (secondary N) is 1. The minimum absolute atomic E-state index is 0.00531. The standard InChI is InChI=1S/C13H18BrNOS/c14-10-13(5-2-1-3-6-13)15-12(16)8-11-4-7-17-9-11/h4,7,9H,1-3,5-6,8,10H2,(H,15,16). The van der Waals surface area contributed by atoms with Crippen LogP contribution in [0, 0.1) is 0 Å². The molecule has 4 heteroatoms. The summed E-state index contributed by atoms with van der Waals surface area (Å²) in [6.07, 6.45) is 6.48. The summed E-state index contributed by atoms with van der Waals surface area (Å²) in [6.45, 7) is 0. The molecule has 94 valence electrons. The maximum absolute atomic E-state index is 12.0. The number of alkyl halides is 1. The second-order valence-electron chi connectivity index (χ2n) is 4.83. The van der Waals surface area contributed by atoms with Gasteiger partial charge in [0.1, 0.15) is 0 Å². The highest BCUT2D eigenvalue weighted by Crippen LogP contribution is 2.29. The highest BCUT2D eigenvalue weighted by Gasteiger charge is 2.32. The lowest BCUT2D eigenvalue weighted by atomic mass is 9.83. The summed E-state index contributed by atoms with van der Waals surface area (Å²) < 4.78 is 0. The number of carbonyl (C=O) groups excluding carboxylic acids is 1. The normalized spacial score (nSPS) is 18.9. The van der Waals surface area contributed by atoms with E-state index < -0.39 is 0 Å². The molecule has 1 heterocycles. The molecular weight excluding hydrogens is 298 g/mol. The molecule has 1 aromatic heterocycles. The first kappa shape index (κ1) is 13.1. The van der Waals surface area contributed by atoms with Crippen LogP contribution < -0.4 is 5.32 Å². The molecule has 1 aliphatic rings. The van der Waals surface area contributed by atoms with Crippen LogP contribution in [0.2, 0.25) is 0 Å². The summed E-state index contributed by atoms with van der Waals surface area (Å²) in [4.78, 5) is 12.0. The summed E-state index contributed by atoms with van der Waals surface area (Å²) in [5.74, 6) is 0.157. The lowest BCUT2D eigenvalue weighted by molar-refractivity contribution is -0.122. The number of rotatable bonds is 4. The Hall–Kier alpha value is -0.350. The Morgan fingerprint density at radius 3 is 2.76 bits per heavy atom. The third-order valence-corrected chi connectivity index (χ3v) is 5.22. The van der Waals surface area contributed by atoms with Gasteiger partial charge in [-0.2, -0.15) is 11.3 Å². The van der Waals surface area contributed by atoms with E-state index >= 15 is 0 Å². The molecule has 0 aromatic carbocycles. The van der Waals surface area contributed by atoms with Gasteiger partial charge in [0.2, 0.25) is 5.91 Å². The summed E-state index contributed by atoms with van der Waals surface area (Å²) in [5.41, 5.74) is 1.12. The van der Waals surface area contributed by atoms with Crippen LogP contribution in [-0.2, 0) is 11.2 Å². The van der Waals surface area contributed by atoms with Crippen molar-refractivity contribution >= 4 is 33.2 Å². The zero-order valence-electron chi connectivity index (χ0n) is 9.88. The Balaban J connectivity index is 1.91. The van der Waals surface area contributed by atoms with Crippen molar-refractivity contribution in [2.75, 3.05) is 5.33 Å². The van der Waals surface area contributed by atoms with E-state index in [1.54, 1.807) is 11.3 Å². The van der Waals surface area contributed by atoms with Gasteiger partial charge in [-0.05, 0) is 35.2 Å². The van der Waals surface area contributed by atoms with E-state index in [9.17, 15) is 4.79 Å². The van der Waals surface area contributed by atoms with Crippen LogP contribution in [0.5, 0.6) is 0 Å². The van der Waals surface area contributed by atoms with Crippen molar-refractivity contribution in [1.29, 1.82) is 0 Å². The SMILES string of the molecule is O=C(Cc1ccsc1)NC1(CBr)CCCCC1. The van der Waals surface area contributed by atoms with E-state index in [1.807, 2.05) is 16.8 Å². The van der Waals surface area contributed by atoms with Gasteiger partial charge in [0.15, 0.2) is 0 Å². The van der Waals surface area contributed by atoms with E-state index in [-0.39, 0.29) is 11.4 Å². The van der Waals surface area contributed by atoms with Crippen molar-refractivity contribution in [2.45, 2.75) is 44.1 Å².